The van der Waals surface area contributed by atoms with Crippen molar-refractivity contribution in [3.63, 3.8) is 0 Å². The molecule has 0 spiro atoms. The third-order valence-corrected chi connectivity index (χ3v) is 3.17. The zero-order chi connectivity index (χ0) is 15.9. The fraction of sp³-hybridized carbons (Fsp3) is 0.600. The highest BCUT2D eigenvalue weighted by Gasteiger charge is 2.28. The summed E-state index contributed by atoms with van der Waals surface area (Å²) in [6.45, 7) is 2.64. The van der Waals surface area contributed by atoms with Gasteiger partial charge < -0.3 is 14.8 Å². The maximum Gasteiger partial charge on any atom is 0.389 e. The number of methoxy groups -OCH3 is 2. The van der Waals surface area contributed by atoms with Gasteiger partial charge in [-0.3, -0.25) is 0 Å². The van der Waals surface area contributed by atoms with Crippen LogP contribution in [-0.2, 0) is 0 Å². The van der Waals surface area contributed by atoms with E-state index in [1.807, 2.05) is 6.92 Å². The van der Waals surface area contributed by atoms with Crippen molar-refractivity contribution in [3.05, 3.63) is 23.8 Å². The second kappa shape index (κ2) is 8.12. The summed E-state index contributed by atoms with van der Waals surface area (Å²) < 4.78 is 47.7. The van der Waals surface area contributed by atoms with E-state index in [1.54, 1.807) is 18.2 Å². The first-order chi connectivity index (χ1) is 9.91. The van der Waals surface area contributed by atoms with Gasteiger partial charge in [-0.05, 0) is 37.1 Å². The number of halogens is 3. The standard InChI is InChI=1S/C15H22F3NO2/c1-4-9-19-12(7-8-15(16,17)18)11-5-6-13(20-2)14(10-11)21-3/h5-6,10,12,19H,4,7-9H2,1-3H3. The van der Waals surface area contributed by atoms with E-state index >= 15 is 0 Å². The van der Waals surface area contributed by atoms with Crippen LogP contribution in [0.3, 0.4) is 0 Å². The summed E-state index contributed by atoms with van der Waals surface area (Å²) in [5, 5.41) is 3.15. The van der Waals surface area contributed by atoms with Gasteiger partial charge in [0.1, 0.15) is 0 Å². The number of hydrogen-bond acceptors (Lipinski definition) is 3. The van der Waals surface area contributed by atoms with Crippen LogP contribution in [-0.4, -0.2) is 26.9 Å². The molecule has 1 unspecified atom stereocenters. The molecule has 1 aromatic carbocycles. The number of nitrogens with one attached hydrogen (secondary N) is 1. The number of hydrogen-bond donors (Lipinski definition) is 1. The Labute approximate surface area is 123 Å². The van der Waals surface area contributed by atoms with Crippen molar-refractivity contribution in [1.82, 2.24) is 5.32 Å². The molecule has 0 amide bonds. The van der Waals surface area contributed by atoms with Gasteiger partial charge in [-0.1, -0.05) is 13.0 Å². The van der Waals surface area contributed by atoms with Crippen molar-refractivity contribution >= 4 is 0 Å². The summed E-state index contributed by atoms with van der Waals surface area (Å²) in [5.41, 5.74) is 0.769. The van der Waals surface area contributed by atoms with E-state index in [9.17, 15) is 13.2 Å². The summed E-state index contributed by atoms with van der Waals surface area (Å²) in [5.74, 6) is 1.08. The predicted octanol–water partition coefficient (Wildman–Crippen LogP) is 4.09. The van der Waals surface area contributed by atoms with Crippen LogP contribution in [0.15, 0.2) is 18.2 Å². The Kier molecular flexibility index (Phi) is 6.81. The summed E-state index contributed by atoms with van der Waals surface area (Å²) in [6.07, 6.45) is -4.11. The van der Waals surface area contributed by atoms with Gasteiger partial charge in [0, 0.05) is 12.5 Å². The molecule has 1 N–H and O–H groups in total. The molecule has 0 saturated heterocycles. The zero-order valence-corrected chi connectivity index (χ0v) is 12.6. The van der Waals surface area contributed by atoms with E-state index in [2.05, 4.69) is 5.32 Å². The van der Waals surface area contributed by atoms with Gasteiger partial charge in [-0.2, -0.15) is 13.2 Å². The molecule has 1 atom stereocenters. The van der Waals surface area contributed by atoms with Crippen molar-refractivity contribution in [1.29, 1.82) is 0 Å². The number of ether oxygens (including phenoxy) is 2. The Morgan fingerprint density at radius 3 is 2.33 bits per heavy atom. The highest BCUT2D eigenvalue weighted by atomic mass is 19.4. The second-order valence-corrected chi connectivity index (χ2v) is 4.77. The lowest BCUT2D eigenvalue weighted by Crippen LogP contribution is -2.24. The first kappa shape index (κ1) is 17.6. The lowest BCUT2D eigenvalue weighted by Gasteiger charge is -2.21. The molecule has 0 aliphatic rings. The Morgan fingerprint density at radius 1 is 1.14 bits per heavy atom. The lowest BCUT2D eigenvalue weighted by molar-refractivity contribution is -0.136. The van der Waals surface area contributed by atoms with Crippen molar-refractivity contribution in [2.24, 2.45) is 0 Å². The van der Waals surface area contributed by atoms with Gasteiger partial charge in [0.15, 0.2) is 11.5 Å². The molecule has 0 heterocycles. The average Bonchev–Trinajstić information content (AvgIpc) is 2.45. The molecule has 0 fully saturated rings. The number of benzene rings is 1. The van der Waals surface area contributed by atoms with E-state index in [0.29, 0.717) is 18.0 Å². The summed E-state index contributed by atoms with van der Waals surface area (Å²) in [6, 6.07) is 4.85. The van der Waals surface area contributed by atoms with E-state index in [0.717, 1.165) is 12.0 Å². The zero-order valence-electron chi connectivity index (χ0n) is 12.6. The molecule has 0 aliphatic heterocycles. The summed E-state index contributed by atoms with van der Waals surface area (Å²) in [4.78, 5) is 0. The largest absolute Gasteiger partial charge is 0.493 e. The molecular formula is C15H22F3NO2. The highest BCUT2D eigenvalue weighted by molar-refractivity contribution is 5.43. The molecule has 0 saturated carbocycles. The van der Waals surface area contributed by atoms with Crippen LogP contribution in [0.1, 0.15) is 37.8 Å². The van der Waals surface area contributed by atoms with Crippen molar-refractivity contribution in [3.8, 4) is 11.5 Å². The van der Waals surface area contributed by atoms with Gasteiger partial charge >= 0.3 is 6.18 Å². The summed E-state index contributed by atoms with van der Waals surface area (Å²) in [7, 11) is 3.03. The van der Waals surface area contributed by atoms with Gasteiger partial charge in [0.2, 0.25) is 0 Å². The van der Waals surface area contributed by atoms with Crippen molar-refractivity contribution < 1.29 is 22.6 Å². The number of rotatable bonds is 8. The smallest absolute Gasteiger partial charge is 0.389 e. The maximum absolute atomic E-state index is 12.4. The van der Waals surface area contributed by atoms with E-state index in [-0.39, 0.29) is 12.5 Å². The lowest BCUT2D eigenvalue weighted by atomic mass is 10.0. The molecule has 3 nitrogen and oxygen atoms in total. The highest BCUT2D eigenvalue weighted by Crippen LogP contribution is 2.33. The van der Waals surface area contributed by atoms with Gasteiger partial charge in [-0.25, -0.2) is 0 Å². The molecule has 1 aromatic rings. The quantitative estimate of drug-likeness (QED) is 0.785. The molecule has 0 bridgehead atoms. The fourth-order valence-corrected chi connectivity index (χ4v) is 2.08. The van der Waals surface area contributed by atoms with Gasteiger partial charge in [0.25, 0.3) is 0 Å². The van der Waals surface area contributed by atoms with Gasteiger partial charge in [0.05, 0.1) is 14.2 Å². The van der Waals surface area contributed by atoms with Crippen LogP contribution < -0.4 is 14.8 Å². The minimum absolute atomic E-state index is 0.00101. The Morgan fingerprint density at radius 2 is 1.81 bits per heavy atom. The normalized spacial score (nSPS) is 13.0. The van der Waals surface area contributed by atoms with E-state index in [1.165, 1.54) is 14.2 Å². The SMILES string of the molecule is CCCNC(CCC(F)(F)F)c1ccc(OC)c(OC)c1. The molecule has 0 aliphatic carbocycles. The topological polar surface area (TPSA) is 30.5 Å². The third-order valence-electron chi connectivity index (χ3n) is 3.17. The second-order valence-electron chi connectivity index (χ2n) is 4.77. The molecule has 6 heteroatoms. The maximum atomic E-state index is 12.4. The van der Waals surface area contributed by atoms with Crippen LogP contribution in [0.5, 0.6) is 11.5 Å². The molecule has 1 rings (SSSR count). The monoisotopic (exact) mass is 305 g/mol. The van der Waals surface area contributed by atoms with Gasteiger partial charge in [-0.15, -0.1) is 0 Å². The van der Waals surface area contributed by atoms with Crippen molar-refractivity contribution in [2.45, 2.75) is 38.4 Å². The first-order valence-electron chi connectivity index (χ1n) is 6.93. The molecule has 0 aromatic heterocycles. The Balaban J connectivity index is 2.91. The first-order valence-corrected chi connectivity index (χ1v) is 6.93. The van der Waals surface area contributed by atoms with Crippen LogP contribution in [0.4, 0.5) is 13.2 Å². The van der Waals surface area contributed by atoms with Crippen molar-refractivity contribution in [2.75, 3.05) is 20.8 Å². The predicted molar refractivity (Wildman–Crippen MR) is 75.9 cm³/mol. The van der Waals surface area contributed by atoms with E-state index in [4.69, 9.17) is 9.47 Å². The Hall–Kier alpha value is -1.43. The van der Waals surface area contributed by atoms with Crippen LogP contribution in [0.25, 0.3) is 0 Å². The van der Waals surface area contributed by atoms with Crippen LogP contribution in [0.2, 0.25) is 0 Å². The fourth-order valence-electron chi connectivity index (χ4n) is 2.08. The minimum atomic E-state index is -4.15. The van der Waals surface area contributed by atoms with E-state index < -0.39 is 12.6 Å². The number of alkyl halides is 3. The minimum Gasteiger partial charge on any atom is -0.493 e. The molecular weight excluding hydrogens is 283 g/mol. The molecule has 120 valence electrons. The van der Waals surface area contributed by atoms with Crippen LogP contribution >= 0.6 is 0 Å². The Bertz CT molecular complexity index is 435. The third kappa shape index (κ3) is 5.83. The average molecular weight is 305 g/mol. The van der Waals surface area contributed by atoms with Crippen LogP contribution in [0, 0.1) is 0 Å². The summed E-state index contributed by atoms with van der Waals surface area (Å²) >= 11 is 0. The molecule has 21 heavy (non-hydrogen) atoms. The molecule has 0 radical (unpaired) electrons.